The lowest BCUT2D eigenvalue weighted by Gasteiger charge is -2.33. The van der Waals surface area contributed by atoms with Gasteiger partial charge in [0.15, 0.2) is 0 Å². The summed E-state index contributed by atoms with van der Waals surface area (Å²) in [5.41, 5.74) is 1.66. The summed E-state index contributed by atoms with van der Waals surface area (Å²) in [5, 5.41) is 0. The summed E-state index contributed by atoms with van der Waals surface area (Å²) in [4.78, 5) is 13.5. The minimum atomic E-state index is -3.50. The largest absolute Gasteiger partial charge is 0.337 e. The Kier molecular flexibility index (Phi) is 4.49. The van der Waals surface area contributed by atoms with Crippen LogP contribution in [-0.4, -0.2) is 49.7 Å². The third-order valence-electron chi connectivity index (χ3n) is 3.69. The molecule has 0 radical (unpaired) electrons. The zero-order valence-electron chi connectivity index (χ0n) is 12.4. The van der Waals surface area contributed by atoms with Crippen LogP contribution >= 0.6 is 0 Å². The molecule has 6 heteroatoms. The fraction of sp³-hybridized carbons (Fsp3) is 0.400. The first-order chi connectivity index (χ1) is 9.86. The quantitative estimate of drug-likeness (QED) is 0.791. The van der Waals surface area contributed by atoms with E-state index in [-0.39, 0.29) is 5.91 Å². The normalized spacial score (nSPS) is 16.8. The Morgan fingerprint density at radius 3 is 2.38 bits per heavy atom. The molecule has 1 fully saturated rings. The van der Waals surface area contributed by atoms with Crippen LogP contribution in [0.5, 0.6) is 0 Å². The maximum absolute atomic E-state index is 12.7. The lowest BCUT2D eigenvalue weighted by Crippen LogP contribution is -2.50. The van der Waals surface area contributed by atoms with E-state index in [4.69, 9.17) is 0 Å². The van der Waals surface area contributed by atoms with Crippen LogP contribution in [0.15, 0.2) is 35.7 Å². The summed E-state index contributed by atoms with van der Waals surface area (Å²) >= 11 is 0. The zero-order chi connectivity index (χ0) is 15.6. The summed E-state index contributed by atoms with van der Waals surface area (Å²) in [6.45, 7) is 8.54. The molecule has 1 aliphatic heterocycles. The highest BCUT2D eigenvalue weighted by atomic mass is 32.2. The van der Waals surface area contributed by atoms with Crippen LogP contribution in [0.25, 0.3) is 0 Å². The number of benzene rings is 1. The van der Waals surface area contributed by atoms with E-state index >= 15 is 0 Å². The highest BCUT2D eigenvalue weighted by Crippen LogP contribution is 2.22. The molecule has 0 saturated carbocycles. The van der Waals surface area contributed by atoms with Gasteiger partial charge in [0, 0.05) is 26.2 Å². The lowest BCUT2D eigenvalue weighted by molar-refractivity contribution is -0.127. The molecule has 1 saturated heterocycles. The predicted octanol–water partition coefficient (Wildman–Crippen LogP) is 1.32. The molecule has 114 valence electrons. The van der Waals surface area contributed by atoms with Crippen molar-refractivity contribution in [3.8, 4) is 0 Å². The van der Waals surface area contributed by atoms with Gasteiger partial charge in [-0.25, -0.2) is 8.42 Å². The predicted molar refractivity (Wildman–Crippen MR) is 81.5 cm³/mol. The highest BCUT2D eigenvalue weighted by Gasteiger charge is 2.30. The smallest absolute Gasteiger partial charge is 0.246 e. The number of nitrogens with zero attached hydrogens (tertiary/aromatic N) is 2. The number of aryl methyl sites for hydroxylation is 2. The summed E-state index contributed by atoms with van der Waals surface area (Å²) in [6.07, 6.45) is 1.26. The van der Waals surface area contributed by atoms with Gasteiger partial charge in [-0.1, -0.05) is 18.7 Å². The number of carbonyl (C=O) groups excluding carboxylic acids is 1. The van der Waals surface area contributed by atoms with Gasteiger partial charge in [-0.05, 0) is 37.1 Å². The Hall–Kier alpha value is -1.66. The van der Waals surface area contributed by atoms with Gasteiger partial charge >= 0.3 is 0 Å². The highest BCUT2D eigenvalue weighted by molar-refractivity contribution is 7.89. The molecule has 1 amide bonds. The number of hydrogen-bond acceptors (Lipinski definition) is 3. The van der Waals surface area contributed by atoms with E-state index in [0.717, 1.165) is 11.1 Å². The summed E-state index contributed by atoms with van der Waals surface area (Å²) in [5.74, 6) is -0.154. The van der Waals surface area contributed by atoms with E-state index in [1.165, 1.54) is 10.4 Å². The van der Waals surface area contributed by atoms with Crippen molar-refractivity contribution in [3.63, 3.8) is 0 Å². The average Bonchev–Trinajstić information content (AvgIpc) is 2.49. The molecule has 1 aliphatic rings. The molecule has 0 unspecified atom stereocenters. The third-order valence-corrected chi connectivity index (χ3v) is 5.73. The number of rotatable bonds is 3. The topological polar surface area (TPSA) is 57.7 Å². The van der Waals surface area contributed by atoms with Crippen molar-refractivity contribution in [2.45, 2.75) is 18.7 Å². The molecule has 0 spiro atoms. The van der Waals surface area contributed by atoms with Crippen LogP contribution in [0.2, 0.25) is 0 Å². The first kappa shape index (κ1) is 15.7. The van der Waals surface area contributed by atoms with Crippen molar-refractivity contribution < 1.29 is 13.2 Å². The van der Waals surface area contributed by atoms with Gasteiger partial charge in [-0.15, -0.1) is 0 Å². The SMILES string of the molecule is C=CC(=O)N1CCN(S(=O)(=O)c2cc(C)ccc2C)CC1. The first-order valence-electron chi connectivity index (χ1n) is 6.85. The molecular formula is C15H20N2O3S. The van der Waals surface area contributed by atoms with Crippen molar-refractivity contribution in [2.75, 3.05) is 26.2 Å². The maximum atomic E-state index is 12.7. The average molecular weight is 308 g/mol. The molecule has 5 nitrogen and oxygen atoms in total. The molecule has 1 heterocycles. The monoisotopic (exact) mass is 308 g/mol. The molecule has 2 rings (SSSR count). The van der Waals surface area contributed by atoms with Crippen LogP contribution in [0.1, 0.15) is 11.1 Å². The minimum absolute atomic E-state index is 0.154. The number of piperazine rings is 1. The van der Waals surface area contributed by atoms with Crippen molar-refractivity contribution in [1.29, 1.82) is 0 Å². The number of hydrogen-bond donors (Lipinski definition) is 0. The lowest BCUT2D eigenvalue weighted by atomic mass is 10.2. The molecule has 0 aromatic heterocycles. The second-order valence-electron chi connectivity index (χ2n) is 5.20. The Morgan fingerprint density at radius 2 is 1.81 bits per heavy atom. The van der Waals surface area contributed by atoms with E-state index in [2.05, 4.69) is 6.58 Å². The van der Waals surface area contributed by atoms with E-state index in [9.17, 15) is 13.2 Å². The summed E-state index contributed by atoms with van der Waals surface area (Å²) < 4.78 is 26.9. The minimum Gasteiger partial charge on any atom is -0.337 e. The molecule has 0 aliphatic carbocycles. The van der Waals surface area contributed by atoms with Crippen LogP contribution in [0.3, 0.4) is 0 Å². The van der Waals surface area contributed by atoms with Crippen molar-refractivity contribution >= 4 is 15.9 Å². The first-order valence-corrected chi connectivity index (χ1v) is 8.29. The molecule has 0 bridgehead atoms. The Bertz CT molecular complexity index is 659. The molecule has 0 N–H and O–H groups in total. The molecule has 0 atom stereocenters. The standard InChI is InChI=1S/C15H20N2O3S/c1-4-15(18)16-7-9-17(10-8-16)21(19,20)14-11-12(2)5-6-13(14)3/h4-6,11H,1,7-10H2,2-3H3. The Balaban J connectivity index is 2.20. The number of amides is 1. The van der Waals surface area contributed by atoms with Crippen LogP contribution in [-0.2, 0) is 14.8 Å². The van der Waals surface area contributed by atoms with Gasteiger partial charge in [-0.3, -0.25) is 4.79 Å². The molecule has 1 aromatic rings. The number of carbonyl (C=O) groups is 1. The maximum Gasteiger partial charge on any atom is 0.246 e. The summed E-state index contributed by atoms with van der Waals surface area (Å²) in [7, 11) is -3.50. The Labute approximate surface area is 125 Å². The number of sulfonamides is 1. The van der Waals surface area contributed by atoms with Gasteiger partial charge in [0.25, 0.3) is 0 Å². The van der Waals surface area contributed by atoms with E-state index < -0.39 is 10.0 Å². The second-order valence-corrected chi connectivity index (χ2v) is 7.11. The van der Waals surface area contributed by atoms with Gasteiger partial charge in [-0.2, -0.15) is 4.31 Å². The van der Waals surface area contributed by atoms with Crippen LogP contribution < -0.4 is 0 Å². The van der Waals surface area contributed by atoms with Crippen molar-refractivity contribution in [1.82, 2.24) is 9.21 Å². The zero-order valence-corrected chi connectivity index (χ0v) is 13.2. The fourth-order valence-electron chi connectivity index (χ4n) is 2.40. The van der Waals surface area contributed by atoms with Gasteiger partial charge in [0.05, 0.1) is 4.90 Å². The van der Waals surface area contributed by atoms with E-state index in [1.807, 2.05) is 19.1 Å². The molecular weight excluding hydrogens is 288 g/mol. The summed E-state index contributed by atoms with van der Waals surface area (Å²) in [6, 6.07) is 5.42. The molecule has 1 aromatic carbocycles. The van der Waals surface area contributed by atoms with Gasteiger partial charge < -0.3 is 4.90 Å². The van der Waals surface area contributed by atoms with E-state index in [0.29, 0.717) is 31.1 Å². The molecule has 21 heavy (non-hydrogen) atoms. The van der Waals surface area contributed by atoms with Crippen molar-refractivity contribution in [3.05, 3.63) is 42.0 Å². The van der Waals surface area contributed by atoms with Crippen LogP contribution in [0.4, 0.5) is 0 Å². The third kappa shape index (κ3) is 3.16. The van der Waals surface area contributed by atoms with Gasteiger partial charge in [0.2, 0.25) is 15.9 Å². The van der Waals surface area contributed by atoms with Crippen molar-refractivity contribution in [2.24, 2.45) is 0 Å². The van der Waals surface area contributed by atoms with Crippen LogP contribution in [0, 0.1) is 13.8 Å². The van der Waals surface area contributed by atoms with E-state index in [1.54, 1.807) is 17.9 Å². The van der Waals surface area contributed by atoms with Gasteiger partial charge in [0.1, 0.15) is 0 Å². The second kappa shape index (κ2) is 5.99. The fourth-order valence-corrected chi connectivity index (χ4v) is 4.13. The Morgan fingerprint density at radius 1 is 1.19 bits per heavy atom.